The van der Waals surface area contributed by atoms with Crippen LogP contribution in [0.3, 0.4) is 0 Å². The third kappa shape index (κ3) is 3.08. The molecule has 0 radical (unpaired) electrons. The summed E-state index contributed by atoms with van der Waals surface area (Å²) >= 11 is 8.19. The molecule has 0 saturated heterocycles. The largest absolute Gasteiger partial charge is 0.389 e. The fraction of sp³-hybridized carbons (Fsp3) is 0. The lowest BCUT2D eigenvalue weighted by Crippen LogP contribution is -2.12. The number of hydrogen-bond acceptors (Lipinski definition) is 2. The van der Waals surface area contributed by atoms with Crippen LogP contribution in [0.5, 0.6) is 0 Å². The Kier molecular flexibility index (Phi) is 4.11. The number of rotatable bonds is 3. The molecule has 0 aliphatic heterocycles. The maximum Gasteiger partial charge on any atom is 0.149 e. The molecule has 0 amide bonds. The Hall–Kier alpha value is -1.53. The highest BCUT2D eigenvalue weighted by atomic mass is 79.9. The van der Waals surface area contributed by atoms with Gasteiger partial charge in [-0.3, -0.25) is 0 Å². The van der Waals surface area contributed by atoms with Crippen molar-refractivity contribution in [2.24, 2.45) is 5.73 Å². The first-order valence-corrected chi connectivity index (χ1v) is 6.49. The minimum Gasteiger partial charge on any atom is -0.389 e. The molecule has 2 aromatic carbocycles. The number of nitrogens with two attached hydrogens (primary N) is 1. The standard InChI is InChI=1S/C13H9BrF2N2S/c14-7-4-5-8(13(17)19)11(6-7)18-12-9(15)2-1-3-10(12)16/h1-6,18H,(H2,17,19). The summed E-state index contributed by atoms with van der Waals surface area (Å²) in [6.45, 7) is 0. The van der Waals surface area contributed by atoms with Crippen molar-refractivity contribution in [3.05, 3.63) is 58.1 Å². The van der Waals surface area contributed by atoms with Crippen molar-refractivity contribution in [1.29, 1.82) is 0 Å². The molecule has 98 valence electrons. The van der Waals surface area contributed by atoms with Gasteiger partial charge in [-0.15, -0.1) is 0 Å². The zero-order valence-electron chi connectivity index (χ0n) is 9.58. The Morgan fingerprint density at radius 2 is 1.79 bits per heavy atom. The smallest absolute Gasteiger partial charge is 0.149 e. The summed E-state index contributed by atoms with van der Waals surface area (Å²) in [5.74, 6) is -1.37. The topological polar surface area (TPSA) is 38.0 Å². The zero-order valence-corrected chi connectivity index (χ0v) is 12.0. The fourth-order valence-corrected chi connectivity index (χ4v) is 2.13. The molecule has 0 fully saturated rings. The van der Waals surface area contributed by atoms with Crippen LogP contribution in [0.15, 0.2) is 40.9 Å². The number of hydrogen-bond donors (Lipinski definition) is 2. The highest BCUT2D eigenvalue weighted by Crippen LogP contribution is 2.28. The molecule has 0 atom stereocenters. The first kappa shape index (κ1) is 13.9. The summed E-state index contributed by atoms with van der Waals surface area (Å²) in [5, 5.41) is 2.68. The molecule has 0 aromatic heterocycles. The Bertz CT molecular complexity index is 626. The Morgan fingerprint density at radius 1 is 1.16 bits per heavy atom. The van der Waals surface area contributed by atoms with Crippen molar-refractivity contribution in [2.45, 2.75) is 0 Å². The summed E-state index contributed by atoms with van der Waals surface area (Å²) in [4.78, 5) is 0.145. The number of benzene rings is 2. The molecule has 6 heteroatoms. The lowest BCUT2D eigenvalue weighted by atomic mass is 10.1. The van der Waals surface area contributed by atoms with Crippen LogP contribution in [0, 0.1) is 11.6 Å². The van der Waals surface area contributed by atoms with Crippen molar-refractivity contribution in [3.63, 3.8) is 0 Å². The van der Waals surface area contributed by atoms with Gasteiger partial charge in [0.2, 0.25) is 0 Å². The maximum atomic E-state index is 13.6. The molecular formula is C13H9BrF2N2S. The highest BCUT2D eigenvalue weighted by molar-refractivity contribution is 9.10. The van der Waals surface area contributed by atoms with Crippen LogP contribution in [-0.4, -0.2) is 4.99 Å². The van der Waals surface area contributed by atoms with Crippen molar-refractivity contribution >= 4 is 44.5 Å². The van der Waals surface area contributed by atoms with Crippen LogP contribution in [0.4, 0.5) is 20.2 Å². The summed E-state index contributed by atoms with van der Waals surface area (Å²) < 4.78 is 27.9. The third-order valence-corrected chi connectivity index (χ3v) is 3.18. The number of halogens is 3. The first-order valence-electron chi connectivity index (χ1n) is 5.29. The molecule has 2 rings (SSSR count). The lowest BCUT2D eigenvalue weighted by molar-refractivity contribution is 0.591. The number of anilines is 2. The molecular weight excluding hydrogens is 334 g/mol. The predicted octanol–water partition coefficient (Wildman–Crippen LogP) is 4.11. The van der Waals surface area contributed by atoms with Gasteiger partial charge < -0.3 is 11.1 Å². The minimum absolute atomic E-state index is 0.145. The van der Waals surface area contributed by atoms with E-state index >= 15 is 0 Å². The monoisotopic (exact) mass is 342 g/mol. The van der Waals surface area contributed by atoms with Crippen LogP contribution in [0.1, 0.15) is 5.56 Å². The summed E-state index contributed by atoms with van der Waals surface area (Å²) in [6.07, 6.45) is 0. The number of para-hydroxylation sites is 1. The molecule has 0 bridgehead atoms. The summed E-state index contributed by atoms with van der Waals surface area (Å²) in [6, 6.07) is 8.71. The van der Waals surface area contributed by atoms with E-state index in [1.54, 1.807) is 18.2 Å². The van der Waals surface area contributed by atoms with Crippen LogP contribution in [0.25, 0.3) is 0 Å². The molecule has 0 saturated carbocycles. The van der Waals surface area contributed by atoms with E-state index in [0.29, 0.717) is 11.3 Å². The second-order valence-electron chi connectivity index (χ2n) is 3.78. The Morgan fingerprint density at radius 3 is 2.37 bits per heavy atom. The molecule has 3 N–H and O–H groups in total. The van der Waals surface area contributed by atoms with Gasteiger partial charge in [-0.2, -0.15) is 0 Å². The van der Waals surface area contributed by atoms with Crippen LogP contribution < -0.4 is 11.1 Å². The van der Waals surface area contributed by atoms with Gasteiger partial charge in [0, 0.05) is 15.7 Å². The number of nitrogens with one attached hydrogen (secondary N) is 1. The van der Waals surface area contributed by atoms with E-state index in [0.717, 1.165) is 4.47 Å². The van der Waals surface area contributed by atoms with Crippen LogP contribution in [0.2, 0.25) is 0 Å². The van der Waals surface area contributed by atoms with Gasteiger partial charge >= 0.3 is 0 Å². The van der Waals surface area contributed by atoms with Gasteiger partial charge in [0.05, 0.1) is 0 Å². The van der Waals surface area contributed by atoms with Gasteiger partial charge in [-0.1, -0.05) is 34.2 Å². The average molecular weight is 343 g/mol. The van der Waals surface area contributed by atoms with Crippen molar-refractivity contribution in [2.75, 3.05) is 5.32 Å². The molecule has 2 nitrogen and oxygen atoms in total. The predicted molar refractivity (Wildman–Crippen MR) is 79.7 cm³/mol. The van der Waals surface area contributed by atoms with E-state index in [2.05, 4.69) is 21.2 Å². The molecule has 0 aliphatic rings. The molecule has 19 heavy (non-hydrogen) atoms. The summed E-state index contributed by atoms with van der Waals surface area (Å²) in [7, 11) is 0. The van der Waals surface area contributed by atoms with E-state index in [4.69, 9.17) is 18.0 Å². The quantitative estimate of drug-likeness (QED) is 0.824. The average Bonchev–Trinajstić information content (AvgIpc) is 2.33. The van der Waals surface area contributed by atoms with Gasteiger partial charge in [0.25, 0.3) is 0 Å². The Balaban J connectivity index is 2.49. The first-order chi connectivity index (χ1) is 8.99. The minimum atomic E-state index is -0.686. The second-order valence-corrected chi connectivity index (χ2v) is 5.13. The molecule has 2 aromatic rings. The maximum absolute atomic E-state index is 13.6. The highest BCUT2D eigenvalue weighted by Gasteiger charge is 2.12. The van der Waals surface area contributed by atoms with Gasteiger partial charge in [-0.25, -0.2) is 8.78 Å². The Labute approximate surface area is 122 Å². The molecule has 0 heterocycles. The molecule has 0 aliphatic carbocycles. The van der Waals surface area contributed by atoms with Crippen molar-refractivity contribution in [3.8, 4) is 0 Å². The van der Waals surface area contributed by atoms with Crippen LogP contribution >= 0.6 is 28.1 Å². The van der Waals surface area contributed by atoms with E-state index in [1.807, 2.05) is 0 Å². The summed E-state index contributed by atoms with van der Waals surface area (Å²) in [5.41, 5.74) is 6.30. The van der Waals surface area contributed by atoms with Crippen molar-refractivity contribution < 1.29 is 8.78 Å². The zero-order chi connectivity index (χ0) is 14.0. The van der Waals surface area contributed by atoms with Gasteiger partial charge in [0.15, 0.2) is 0 Å². The number of thiocarbonyl (C=S) groups is 1. The van der Waals surface area contributed by atoms with E-state index in [-0.39, 0.29) is 10.7 Å². The van der Waals surface area contributed by atoms with Gasteiger partial charge in [-0.05, 0) is 30.3 Å². The molecule has 0 unspecified atom stereocenters. The fourth-order valence-electron chi connectivity index (χ4n) is 1.59. The molecule has 0 spiro atoms. The van der Waals surface area contributed by atoms with Crippen molar-refractivity contribution in [1.82, 2.24) is 0 Å². The normalized spacial score (nSPS) is 10.3. The van der Waals surface area contributed by atoms with Crippen LogP contribution in [-0.2, 0) is 0 Å². The van der Waals surface area contributed by atoms with E-state index < -0.39 is 11.6 Å². The lowest BCUT2D eigenvalue weighted by Gasteiger charge is -2.13. The van der Waals surface area contributed by atoms with Gasteiger partial charge in [0.1, 0.15) is 22.3 Å². The third-order valence-electron chi connectivity index (χ3n) is 2.47. The van der Waals surface area contributed by atoms with E-state index in [9.17, 15) is 8.78 Å². The second kappa shape index (κ2) is 5.63. The van der Waals surface area contributed by atoms with E-state index in [1.165, 1.54) is 18.2 Å². The SMILES string of the molecule is NC(=S)c1ccc(Br)cc1Nc1c(F)cccc1F.